The molecule has 0 heterocycles. The van der Waals surface area contributed by atoms with Gasteiger partial charge in [0.2, 0.25) is 0 Å². The fourth-order valence-electron chi connectivity index (χ4n) is 4.05. The number of carbonyl (C=O) groups excluding carboxylic acids is 2. The number of carbonyl (C=O) groups is 2. The van der Waals surface area contributed by atoms with Gasteiger partial charge in [-0.1, -0.05) is 19.1 Å². The van der Waals surface area contributed by atoms with Crippen LogP contribution >= 0.6 is 0 Å². The predicted molar refractivity (Wildman–Crippen MR) is 101 cm³/mol. The molecule has 2 saturated carbocycles. The van der Waals surface area contributed by atoms with Crippen LogP contribution in [0.4, 0.5) is 4.79 Å². The van der Waals surface area contributed by atoms with Crippen molar-refractivity contribution >= 4 is 12.0 Å². The standard InChI is InChI=1S/C21H30N2O3/c1-2-15-3-7-17(8-4-15)20(24)23(19-11-12-19)18-9-5-16(6-10-18)13-14-26-21(22)25/h3-4,7-8,16,18-19H,2,5-6,9-14H2,1H3,(H2,22,25). The molecule has 3 rings (SSSR count). The SMILES string of the molecule is CCc1ccc(C(=O)N(C2CCC(CCOC(N)=O)CC2)C2CC2)cc1. The van der Waals surface area contributed by atoms with Crippen LogP contribution in [0.5, 0.6) is 0 Å². The number of ether oxygens (including phenoxy) is 1. The Morgan fingerprint density at radius 3 is 2.12 bits per heavy atom. The van der Waals surface area contributed by atoms with E-state index in [-0.39, 0.29) is 5.91 Å². The van der Waals surface area contributed by atoms with E-state index in [1.165, 1.54) is 5.56 Å². The first-order valence-electron chi connectivity index (χ1n) is 9.92. The number of nitrogens with two attached hydrogens (primary N) is 1. The first-order valence-corrected chi connectivity index (χ1v) is 9.92. The second-order valence-electron chi connectivity index (χ2n) is 7.62. The first-order chi connectivity index (χ1) is 12.6. The van der Waals surface area contributed by atoms with Gasteiger partial charge in [-0.15, -0.1) is 0 Å². The minimum Gasteiger partial charge on any atom is -0.450 e. The van der Waals surface area contributed by atoms with E-state index in [0.717, 1.165) is 56.9 Å². The molecule has 2 fully saturated rings. The Bertz CT molecular complexity index is 617. The van der Waals surface area contributed by atoms with Crippen LogP contribution in [-0.2, 0) is 11.2 Å². The average molecular weight is 358 g/mol. The molecule has 2 aliphatic carbocycles. The number of hydrogen-bond acceptors (Lipinski definition) is 3. The minimum atomic E-state index is -0.696. The largest absolute Gasteiger partial charge is 0.450 e. The van der Waals surface area contributed by atoms with Gasteiger partial charge in [-0.2, -0.15) is 0 Å². The van der Waals surface area contributed by atoms with Crippen LogP contribution in [0.25, 0.3) is 0 Å². The van der Waals surface area contributed by atoms with E-state index in [1.54, 1.807) is 0 Å². The number of aryl methyl sites for hydroxylation is 1. The van der Waals surface area contributed by atoms with Gasteiger partial charge in [0, 0.05) is 17.6 Å². The first kappa shape index (κ1) is 18.7. The summed E-state index contributed by atoms with van der Waals surface area (Å²) in [6.07, 6.45) is 7.66. The number of hydrogen-bond donors (Lipinski definition) is 1. The molecule has 0 aromatic heterocycles. The molecule has 0 aliphatic heterocycles. The normalized spacial score (nSPS) is 22.7. The molecule has 0 spiro atoms. The molecule has 0 atom stereocenters. The van der Waals surface area contributed by atoms with Crippen molar-refractivity contribution < 1.29 is 14.3 Å². The summed E-state index contributed by atoms with van der Waals surface area (Å²) >= 11 is 0. The van der Waals surface area contributed by atoms with Gasteiger partial charge in [0.1, 0.15) is 0 Å². The smallest absolute Gasteiger partial charge is 0.404 e. The molecule has 2 amide bonds. The average Bonchev–Trinajstić information content (AvgIpc) is 3.48. The quantitative estimate of drug-likeness (QED) is 0.803. The summed E-state index contributed by atoms with van der Waals surface area (Å²) < 4.78 is 4.86. The van der Waals surface area contributed by atoms with Crippen LogP contribution < -0.4 is 5.73 Å². The molecule has 0 unspecified atom stereocenters. The van der Waals surface area contributed by atoms with Crippen molar-refractivity contribution in [3.8, 4) is 0 Å². The summed E-state index contributed by atoms with van der Waals surface area (Å²) in [5.41, 5.74) is 7.08. The molecular formula is C21H30N2O3. The Hall–Kier alpha value is -2.04. The second kappa shape index (κ2) is 8.56. The summed E-state index contributed by atoms with van der Waals surface area (Å²) in [4.78, 5) is 25.9. The third-order valence-corrected chi connectivity index (χ3v) is 5.76. The van der Waals surface area contributed by atoms with Crippen LogP contribution in [0.15, 0.2) is 24.3 Å². The molecule has 5 heteroatoms. The number of nitrogens with zero attached hydrogens (tertiary/aromatic N) is 1. The minimum absolute atomic E-state index is 0.190. The molecule has 0 radical (unpaired) electrons. The van der Waals surface area contributed by atoms with Crippen molar-refractivity contribution in [2.24, 2.45) is 11.7 Å². The summed E-state index contributed by atoms with van der Waals surface area (Å²) in [6.45, 7) is 2.53. The zero-order chi connectivity index (χ0) is 18.5. The number of rotatable bonds is 7. The number of amides is 2. The van der Waals surface area contributed by atoms with Crippen molar-refractivity contribution in [1.29, 1.82) is 0 Å². The second-order valence-corrected chi connectivity index (χ2v) is 7.62. The highest BCUT2D eigenvalue weighted by atomic mass is 16.5. The molecule has 1 aromatic rings. The molecule has 142 valence electrons. The van der Waals surface area contributed by atoms with Gasteiger partial charge in [0.15, 0.2) is 0 Å². The fraction of sp³-hybridized carbons (Fsp3) is 0.619. The van der Waals surface area contributed by atoms with Crippen LogP contribution in [0.2, 0.25) is 0 Å². The van der Waals surface area contributed by atoms with E-state index in [2.05, 4.69) is 24.0 Å². The maximum atomic E-state index is 13.1. The lowest BCUT2D eigenvalue weighted by Gasteiger charge is -2.37. The lowest BCUT2D eigenvalue weighted by molar-refractivity contribution is 0.0574. The van der Waals surface area contributed by atoms with Gasteiger partial charge in [-0.25, -0.2) is 4.79 Å². The lowest BCUT2D eigenvalue weighted by Crippen LogP contribution is -2.44. The van der Waals surface area contributed by atoms with E-state index >= 15 is 0 Å². The Balaban J connectivity index is 1.57. The monoisotopic (exact) mass is 358 g/mol. The van der Waals surface area contributed by atoms with Gasteiger partial charge in [0.05, 0.1) is 6.61 Å². The third kappa shape index (κ3) is 4.77. The Kier molecular flexibility index (Phi) is 6.17. The highest BCUT2D eigenvalue weighted by Gasteiger charge is 2.39. The maximum Gasteiger partial charge on any atom is 0.404 e. The van der Waals surface area contributed by atoms with Crippen molar-refractivity contribution in [1.82, 2.24) is 4.90 Å². The fourth-order valence-corrected chi connectivity index (χ4v) is 4.05. The van der Waals surface area contributed by atoms with E-state index in [4.69, 9.17) is 10.5 Å². The van der Waals surface area contributed by atoms with Crippen LogP contribution in [0.1, 0.15) is 67.8 Å². The van der Waals surface area contributed by atoms with Crippen molar-refractivity contribution in [3.63, 3.8) is 0 Å². The maximum absolute atomic E-state index is 13.1. The molecule has 26 heavy (non-hydrogen) atoms. The van der Waals surface area contributed by atoms with E-state index < -0.39 is 6.09 Å². The van der Waals surface area contributed by atoms with Crippen molar-refractivity contribution in [2.75, 3.05) is 6.61 Å². The van der Waals surface area contributed by atoms with Gasteiger partial charge >= 0.3 is 6.09 Å². The molecular weight excluding hydrogens is 328 g/mol. The molecule has 2 N–H and O–H groups in total. The van der Waals surface area contributed by atoms with E-state index in [1.807, 2.05) is 12.1 Å². The summed E-state index contributed by atoms with van der Waals surface area (Å²) in [6, 6.07) is 8.84. The zero-order valence-corrected chi connectivity index (χ0v) is 15.7. The Morgan fingerprint density at radius 2 is 1.62 bits per heavy atom. The molecule has 0 saturated heterocycles. The van der Waals surface area contributed by atoms with Crippen LogP contribution in [-0.4, -0.2) is 35.6 Å². The highest BCUT2D eigenvalue weighted by Crippen LogP contribution is 2.37. The van der Waals surface area contributed by atoms with E-state index in [0.29, 0.717) is 24.6 Å². The Morgan fingerprint density at radius 1 is 1.04 bits per heavy atom. The van der Waals surface area contributed by atoms with Gasteiger partial charge < -0.3 is 15.4 Å². The summed E-state index contributed by atoms with van der Waals surface area (Å²) in [5, 5.41) is 0. The highest BCUT2D eigenvalue weighted by molar-refractivity contribution is 5.95. The Labute approximate surface area is 155 Å². The van der Waals surface area contributed by atoms with Crippen molar-refractivity contribution in [2.45, 2.75) is 70.4 Å². The van der Waals surface area contributed by atoms with E-state index in [9.17, 15) is 9.59 Å². The number of benzene rings is 1. The summed E-state index contributed by atoms with van der Waals surface area (Å²) in [7, 11) is 0. The van der Waals surface area contributed by atoms with Gasteiger partial charge in [-0.05, 0) is 75.0 Å². The zero-order valence-electron chi connectivity index (χ0n) is 15.7. The van der Waals surface area contributed by atoms with Crippen molar-refractivity contribution in [3.05, 3.63) is 35.4 Å². The predicted octanol–water partition coefficient (Wildman–Crippen LogP) is 3.90. The third-order valence-electron chi connectivity index (χ3n) is 5.76. The molecule has 1 aromatic carbocycles. The molecule has 0 bridgehead atoms. The van der Waals surface area contributed by atoms with Gasteiger partial charge in [-0.3, -0.25) is 4.79 Å². The van der Waals surface area contributed by atoms with Crippen LogP contribution in [0, 0.1) is 5.92 Å². The molecule has 5 nitrogen and oxygen atoms in total. The number of primary amides is 1. The van der Waals surface area contributed by atoms with Crippen LogP contribution in [0.3, 0.4) is 0 Å². The summed E-state index contributed by atoms with van der Waals surface area (Å²) in [5.74, 6) is 0.751. The lowest BCUT2D eigenvalue weighted by atomic mass is 9.83. The molecule has 2 aliphatic rings. The van der Waals surface area contributed by atoms with Gasteiger partial charge in [0.25, 0.3) is 5.91 Å². The topological polar surface area (TPSA) is 72.6 Å².